The number of nitrogens with zero attached hydrogens (tertiary/aromatic N) is 1. The van der Waals surface area contributed by atoms with Crippen LogP contribution in [0.4, 0.5) is 13.2 Å². The first-order valence-electron chi connectivity index (χ1n) is 3.76. The van der Waals surface area contributed by atoms with Crippen molar-refractivity contribution in [3.63, 3.8) is 0 Å². The van der Waals surface area contributed by atoms with Crippen LogP contribution in [0.25, 0.3) is 0 Å². The van der Waals surface area contributed by atoms with E-state index in [0.29, 0.717) is 5.56 Å². The van der Waals surface area contributed by atoms with E-state index in [2.05, 4.69) is 9.71 Å². The van der Waals surface area contributed by atoms with Gasteiger partial charge in [-0.15, -0.1) is 0 Å². The standard InChI is InChI=1S/C7H7F3N2O2S/c8-7(9,10)6-2-1-5(3-11-6)4-12-15(13)14/h1-3,12H,4H2,(H,13,14). The molecule has 1 unspecified atom stereocenters. The second-order valence-corrected chi connectivity index (χ2v) is 3.41. The summed E-state index contributed by atoms with van der Waals surface area (Å²) in [6, 6.07) is 2.01. The SMILES string of the molecule is O=S(O)NCc1ccc(C(F)(F)F)nc1. The van der Waals surface area contributed by atoms with Crippen LogP contribution in [-0.4, -0.2) is 13.7 Å². The maximum atomic E-state index is 12.1. The minimum absolute atomic E-state index is 0.0196. The lowest BCUT2D eigenvalue weighted by Gasteiger charge is -2.06. The molecule has 0 aromatic carbocycles. The van der Waals surface area contributed by atoms with E-state index in [0.717, 1.165) is 12.3 Å². The van der Waals surface area contributed by atoms with E-state index < -0.39 is 23.1 Å². The molecule has 0 aliphatic rings. The van der Waals surface area contributed by atoms with Gasteiger partial charge >= 0.3 is 6.18 Å². The fourth-order valence-corrected chi connectivity index (χ4v) is 1.13. The second-order valence-electron chi connectivity index (χ2n) is 2.62. The van der Waals surface area contributed by atoms with E-state index in [1.54, 1.807) is 0 Å². The number of hydrogen-bond donors (Lipinski definition) is 2. The van der Waals surface area contributed by atoms with Crippen LogP contribution in [0.1, 0.15) is 11.3 Å². The minimum atomic E-state index is -4.47. The zero-order valence-corrected chi connectivity index (χ0v) is 8.10. The van der Waals surface area contributed by atoms with Crippen molar-refractivity contribution in [2.75, 3.05) is 0 Å². The van der Waals surface area contributed by atoms with Crippen molar-refractivity contribution in [2.24, 2.45) is 0 Å². The monoisotopic (exact) mass is 240 g/mol. The number of aromatic nitrogens is 1. The van der Waals surface area contributed by atoms with E-state index in [4.69, 9.17) is 4.55 Å². The molecular formula is C7H7F3N2O2S. The second kappa shape index (κ2) is 4.69. The molecule has 15 heavy (non-hydrogen) atoms. The molecule has 0 aliphatic heterocycles. The van der Waals surface area contributed by atoms with Crippen molar-refractivity contribution in [3.05, 3.63) is 29.6 Å². The fraction of sp³-hybridized carbons (Fsp3) is 0.286. The quantitative estimate of drug-likeness (QED) is 0.783. The van der Waals surface area contributed by atoms with E-state index in [1.165, 1.54) is 6.07 Å². The number of alkyl halides is 3. The Bertz CT molecular complexity index is 352. The lowest BCUT2D eigenvalue weighted by Crippen LogP contribution is -2.16. The smallest absolute Gasteiger partial charge is 0.294 e. The summed E-state index contributed by atoms with van der Waals surface area (Å²) in [5.41, 5.74) is -0.596. The summed E-state index contributed by atoms with van der Waals surface area (Å²) in [6.45, 7) is -0.0196. The van der Waals surface area contributed by atoms with Crippen LogP contribution in [0.3, 0.4) is 0 Å². The highest BCUT2D eigenvalue weighted by Crippen LogP contribution is 2.27. The molecule has 8 heteroatoms. The molecule has 0 aliphatic carbocycles. The molecule has 84 valence electrons. The van der Waals surface area contributed by atoms with Crippen LogP contribution < -0.4 is 4.72 Å². The number of nitrogens with one attached hydrogen (secondary N) is 1. The summed E-state index contributed by atoms with van der Waals surface area (Å²) in [4.78, 5) is 3.18. The van der Waals surface area contributed by atoms with Crippen molar-refractivity contribution in [1.82, 2.24) is 9.71 Å². The van der Waals surface area contributed by atoms with Crippen LogP contribution in [0.2, 0.25) is 0 Å². The zero-order valence-electron chi connectivity index (χ0n) is 7.28. The van der Waals surface area contributed by atoms with Crippen molar-refractivity contribution in [1.29, 1.82) is 0 Å². The normalized spacial score (nSPS) is 13.9. The molecule has 0 spiro atoms. The maximum Gasteiger partial charge on any atom is 0.433 e. The first-order valence-corrected chi connectivity index (χ1v) is 4.87. The molecule has 1 aromatic heterocycles. The maximum absolute atomic E-state index is 12.1. The summed E-state index contributed by atoms with van der Waals surface area (Å²) in [7, 11) is 0. The average molecular weight is 240 g/mol. The zero-order chi connectivity index (χ0) is 11.5. The first kappa shape index (κ1) is 12.1. The molecule has 0 amide bonds. The van der Waals surface area contributed by atoms with Crippen LogP contribution >= 0.6 is 0 Å². The average Bonchev–Trinajstić information content (AvgIpc) is 2.14. The first-order chi connectivity index (χ1) is 6.89. The van der Waals surface area contributed by atoms with Gasteiger partial charge in [-0.05, 0) is 11.6 Å². The Balaban J connectivity index is 2.69. The third-order valence-corrected chi connectivity index (χ3v) is 1.91. The van der Waals surface area contributed by atoms with Crippen LogP contribution in [0, 0.1) is 0 Å². The van der Waals surface area contributed by atoms with Gasteiger partial charge in [0.15, 0.2) is 0 Å². The Morgan fingerprint density at radius 3 is 2.53 bits per heavy atom. The third kappa shape index (κ3) is 3.94. The summed E-state index contributed by atoms with van der Waals surface area (Å²) in [5, 5.41) is 0. The van der Waals surface area contributed by atoms with Crippen molar-refractivity contribution >= 4 is 11.3 Å². The Morgan fingerprint density at radius 2 is 2.13 bits per heavy atom. The summed E-state index contributed by atoms with van der Waals surface area (Å²) >= 11 is -2.19. The number of halogens is 3. The molecule has 1 aromatic rings. The minimum Gasteiger partial charge on any atom is -0.294 e. The molecule has 0 radical (unpaired) electrons. The highest BCUT2D eigenvalue weighted by Gasteiger charge is 2.31. The molecule has 0 fully saturated rings. The lowest BCUT2D eigenvalue weighted by atomic mass is 10.2. The van der Waals surface area contributed by atoms with Crippen molar-refractivity contribution in [2.45, 2.75) is 12.7 Å². The summed E-state index contributed by atoms with van der Waals surface area (Å²) < 4.78 is 56.9. The molecule has 1 heterocycles. The highest BCUT2D eigenvalue weighted by molar-refractivity contribution is 7.77. The van der Waals surface area contributed by atoms with Gasteiger partial charge in [0.1, 0.15) is 5.69 Å². The molecule has 0 saturated carbocycles. The van der Waals surface area contributed by atoms with Gasteiger partial charge in [0, 0.05) is 12.7 Å². The Hall–Kier alpha value is -0.990. The molecule has 0 bridgehead atoms. The topological polar surface area (TPSA) is 62.2 Å². The highest BCUT2D eigenvalue weighted by atomic mass is 32.2. The van der Waals surface area contributed by atoms with Crippen molar-refractivity contribution < 1.29 is 21.9 Å². The van der Waals surface area contributed by atoms with Gasteiger partial charge in [0.05, 0.1) is 0 Å². The van der Waals surface area contributed by atoms with E-state index in [9.17, 15) is 17.4 Å². The van der Waals surface area contributed by atoms with Crippen molar-refractivity contribution in [3.8, 4) is 0 Å². The molecule has 1 rings (SSSR count). The van der Waals surface area contributed by atoms with E-state index in [1.807, 2.05) is 0 Å². The van der Waals surface area contributed by atoms with Crippen LogP contribution in [-0.2, 0) is 24.0 Å². The number of rotatable bonds is 3. The van der Waals surface area contributed by atoms with Crippen LogP contribution in [0.15, 0.2) is 18.3 Å². The van der Waals surface area contributed by atoms with Gasteiger partial charge < -0.3 is 0 Å². The predicted octanol–water partition coefficient (Wildman–Crippen LogP) is 1.33. The van der Waals surface area contributed by atoms with Crippen LogP contribution in [0.5, 0.6) is 0 Å². The molecule has 2 N–H and O–H groups in total. The Labute approximate surface area is 85.9 Å². The predicted molar refractivity (Wildman–Crippen MR) is 46.8 cm³/mol. The largest absolute Gasteiger partial charge is 0.433 e. The van der Waals surface area contributed by atoms with E-state index in [-0.39, 0.29) is 6.54 Å². The number of pyridine rings is 1. The van der Waals surface area contributed by atoms with Gasteiger partial charge in [0.2, 0.25) is 11.3 Å². The van der Waals surface area contributed by atoms with Gasteiger partial charge in [-0.1, -0.05) is 6.07 Å². The molecule has 4 nitrogen and oxygen atoms in total. The Morgan fingerprint density at radius 1 is 1.47 bits per heavy atom. The molecule has 1 atom stereocenters. The lowest BCUT2D eigenvalue weighted by molar-refractivity contribution is -0.141. The molecule has 0 saturated heterocycles. The fourth-order valence-electron chi connectivity index (χ4n) is 0.842. The number of hydrogen-bond acceptors (Lipinski definition) is 2. The molecular weight excluding hydrogens is 233 g/mol. The van der Waals surface area contributed by atoms with Gasteiger partial charge in [-0.25, -0.2) is 8.93 Å². The van der Waals surface area contributed by atoms with E-state index >= 15 is 0 Å². The Kier molecular flexibility index (Phi) is 3.77. The summed E-state index contributed by atoms with van der Waals surface area (Å²) in [6.07, 6.45) is -3.46. The van der Waals surface area contributed by atoms with Gasteiger partial charge in [-0.3, -0.25) is 9.54 Å². The van der Waals surface area contributed by atoms with Gasteiger partial charge in [-0.2, -0.15) is 13.2 Å². The van der Waals surface area contributed by atoms with Gasteiger partial charge in [0.25, 0.3) is 0 Å². The third-order valence-electron chi connectivity index (χ3n) is 1.51. The summed E-state index contributed by atoms with van der Waals surface area (Å²) in [5.74, 6) is 0.